The van der Waals surface area contributed by atoms with Crippen LogP contribution in [0.1, 0.15) is 24.8 Å². The maximum atomic E-state index is 12.2. The summed E-state index contributed by atoms with van der Waals surface area (Å²) in [4.78, 5) is 14.6. The number of hydrogen-bond donors (Lipinski definition) is 2. The molecule has 2 saturated heterocycles. The first-order chi connectivity index (χ1) is 11.3. The van der Waals surface area contributed by atoms with Crippen molar-refractivity contribution in [1.82, 2.24) is 15.5 Å². The summed E-state index contributed by atoms with van der Waals surface area (Å²) < 4.78 is 5.81. The molecule has 3 rings (SSSR count). The average molecular weight is 317 g/mol. The molecule has 0 aromatic heterocycles. The van der Waals surface area contributed by atoms with Gasteiger partial charge in [0, 0.05) is 26.2 Å². The zero-order valence-corrected chi connectivity index (χ0v) is 13.7. The van der Waals surface area contributed by atoms with Gasteiger partial charge < -0.3 is 15.4 Å². The van der Waals surface area contributed by atoms with Crippen LogP contribution < -0.4 is 10.6 Å². The van der Waals surface area contributed by atoms with E-state index in [9.17, 15) is 4.79 Å². The molecule has 0 spiro atoms. The van der Waals surface area contributed by atoms with E-state index in [1.807, 2.05) is 6.07 Å². The van der Waals surface area contributed by atoms with Gasteiger partial charge in [-0.15, -0.1) is 0 Å². The van der Waals surface area contributed by atoms with Gasteiger partial charge in [-0.05, 0) is 24.9 Å². The molecule has 2 heterocycles. The number of morpholine rings is 1. The lowest BCUT2D eigenvalue weighted by Gasteiger charge is -2.33. The summed E-state index contributed by atoms with van der Waals surface area (Å²) in [6, 6.07) is 10.5. The number of carbonyl (C=O) groups is 1. The van der Waals surface area contributed by atoms with E-state index in [-0.39, 0.29) is 18.1 Å². The van der Waals surface area contributed by atoms with E-state index >= 15 is 0 Å². The summed E-state index contributed by atoms with van der Waals surface area (Å²) in [5, 5.41) is 6.34. The van der Waals surface area contributed by atoms with Gasteiger partial charge in [0.25, 0.3) is 0 Å². The zero-order chi connectivity index (χ0) is 15.9. The second kappa shape index (κ2) is 8.43. The smallest absolute Gasteiger partial charge is 0.237 e. The van der Waals surface area contributed by atoms with Gasteiger partial charge in [-0.25, -0.2) is 0 Å². The average Bonchev–Trinajstić information content (AvgIpc) is 2.62. The molecule has 126 valence electrons. The fourth-order valence-corrected chi connectivity index (χ4v) is 3.30. The van der Waals surface area contributed by atoms with Crippen molar-refractivity contribution in [3.63, 3.8) is 0 Å². The summed E-state index contributed by atoms with van der Waals surface area (Å²) in [5.74, 6) is 0.119. The van der Waals surface area contributed by atoms with Crippen LogP contribution in [0.2, 0.25) is 0 Å². The summed E-state index contributed by atoms with van der Waals surface area (Å²) >= 11 is 0. The molecule has 0 saturated carbocycles. The lowest BCUT2D eigenvalue weighted by atomic mass is 10.0. The Morgan fingerprint density at radius 3 is 2.96 bits per heavy atom. The van der Waals surface area contributed by atoms with Gasteiger partial charge in [0.05, 0.1) is 18.8 Å². The molecular formula is C18H27N3O2. The highest BCUT2D eigenvalue weighted by atomic mass is 16.5. The molecule has 0 radical (unpaired) electrons. The molecule has 23 heavy (non-hydrogen) atoms. The Hall–Kier alpha value is -1.43. The molecule has 1 unspecified atom stereocenters. The lowest BCUT2D eigenvalue weighted by molar-refractivity contribution is -0.124. The van der Waals surface area contributed by atoms with Gasteiger partial charge in [0.1, 0.15) is 0 Å². The molecule has 1 aromatic carbocycles. The zero-order valence-electron chi connectivity index (χ0n) is 13.7. The van der Waals surface area contributed by atoms with Crippen molar-refractivity contribution < 1.29 is 9.53 Å². The largest absolute Gasteiger partial charge is 0.374 e. The highest BCUT2D eigenvalue weighted by molar-refractivity contribution is 5.81. The first-order valence-electron chi connectivity index (χ1n) is 8.70. The minimum atomic E-state index is -0.0206. The van der Waals surface area contributed by atoms with Crippen LogP contribution in [0.3, 0.4) is 0 Å². The summed E-state index contributed by atoms with van der Waals surface area (Å²) in [6.07, 6.45) is 3.33. The monoisotopic (exact) mass is 317 g/mol. The van der Waals surface area contributed by atoms with Crippen LogP contribution in [0.15, 0.2) is 30.3 Å². The number of hydrogen-bond acceptors (Lipinski definition) is 4. The number of amides is 1. The quantitative estimate of drug-likeness (QED) is 0.855. The first kappa shape index (κ1) is 16.4. The van der Waals surface area contributed by atoms with Crippen LogP contribution in [0, 0.1) is 0 Å². The highest BCUT2D eigenvalue weighted by Crippen LogP contribution is 2.11. The van der Waals surface area contributed by atoms with E-state index in [2.05, 4.69) is 39.8 Å². The molecule has 2 aliphatic heterocycles. The SMILES string of the molecule is O=C(NCC1CN(Cc2ccccc2)CCO1)[C@@H]1CCCCN1. The normalized spacial score (nSPS) is 25.9. The molecule has 0 bridgehead atoms. The molecule has 1 aromatic rings. The third-order valence-electron chi connectivity index (χ3n) is 4.60. The third-order valence-corrected chi connectivity index (χ3v) is 4.60. The van der Waals surface area contributed by atoms with Crippen LogP contribution in [-0.4, -0.2) is 55.7 Å². The minimum Gasteiger partial charge on any atom is -0.374 e. The van der Waals surface area contributed by atoms with Gasteiger partial charge in [-0.1, -0.05) is 36.8 Å². The maximum Gasteiger partial charge on any atom is 0.237 e. The first-order valence-corrected chi connectivity index (χ1v) is 8.70. The Morgan fingerprint density at radius 1 is 1.30 bits per heavy atom. The number of rotatable bonds is 5. The van der Waals surface area contributed by atoms with Gasteiger partial charge in [-0.2, -0.15) is 0 Å². The van der Waals surface area contributed by atoms with E-state index in [1.54, 1.807) is 0 Å². The number of benzene rings is 1. The predicted molar refractivity (Wildman–Crippen MR) is 90.1 cm³/mol. The molecular weight excluding hydrogens is 290 g/mol. The van der Waals surface area contributed by atoms with Crippen molar-refractivity contribution in [2.24, 2.45) is 0 Å². The van der Waals surface area contributed by atoms with E-state index in [0.29, 0.717) is 6.54 Å². The fraction of sp³-hybridized carbons (Fsp3) is 0.611. The highest BCUT2D eigenvalue weighted by Gasteiger charge is 2.24. The van der Waals surface area contributed by atoms with E-state index in [0.717, 1.165) is 45.6 Å². The summed E-state index contributed by atoms with van der Waals surface area (Å²) in [5.41, 5.74) is 1.32. The molecule has 2 aliphatic rings. The molecule has 5 heteroatoms. The minimum absolute atomic E-state index is 0.0206. The van der Waals surface area contributed by atoms with Gasteiger partial charge in [-0.3, -0.25) is 9.69 Å². The fourth-order valence-electron chi connectivity index (χ4n) is 3.30. The maximum absolute atomic E-state index is 12.2. The third kappa shape index (κ3) is 5.03. The van der Waals surface area contributed by atoms with Crippen LogP contribution >= 0.6 is 0 Å². The Balaban J connectivity index is 1.42. The van der Waals surface area contributed by atoms with Gasteiger partial charge in [0.15, 0.2) is 0 Å². The number of nitrogens with one attached hydrogen (secondary N) is 2. The van der Waals surface area contributed by atoms with Crippen molar-refractivity contribution in [1.29, 1.82) is 0 Å². The van der Waals surface area contributed by atoms with Gasteiger partial charge in [0.2, 0.25) is 5.91 Å². The van der Waals surface area contributed by atoms with Gasteiger partial charge >= 0.3 is 0 Å². The molecule has 0 aliphatic carbocycles. The van der Waals surface area contributed by atoms with Crippen molar-refractivity contribution in [3.8, 4) is 0 Å². The molecule has 2 fully saturated rings. The van der Waals surface area contributed by atoms with Crippen molar-refractivity contribution in [3.05, 3.63) is 35.9 Å². The Bertz CT molecular complexity index is 488. The standard InChI is InChI=1S/C18H27N3O2/c22-18(17-8-4-5-9-19-17)20-12-16-14-21(10-11-23-16)13-15-6-2-1-3-7-15/h1-3,6-7,16-17,19H,4-5,8-14H2,(H,20,22)/t16?,17-/m0/s1. The topological polar surface area (TPSA) is 53.6 Å². The van der Waals surface area contributed by atoms with E-state index in [1.165, 1.54) is 12.0 Å². The van der Waals surface area contributed by atoms with E-state index in [4.69, 9.17) is 4.74 Å². The Kier molecular flexibility index (Phi) is 6.02. The Labute approximate surface area is 138 Å². The number of nitrogens with zero attached hydrogens (tertiary/aromatic N) is 1. The molecule has 2 atom stereocenters. The lowest BCUT2D eigenvalue weighted by Crippen LogP contribution is -2.51. The summed E-state index contributed by atoms with van der Waals surface area (Å²) in [7, 11) is 0. The van der Waals surface area contributed by atoms with Crippen molar-refractivity contribution >= 4 is 5.91 Å². The van der Waals surface area contributed by atoms with Crippen LogP contribution in [0.5, 0.6) is 0 Å². The van der Waals surface area contributed by atoms with Crippen molar-refractivity contribution in [2.45, 2.75) is 38.0 Å². The molecule has 2 N–H and O–H groups in total. The Morgan fingerprint density at radius 2 is 2.17 bits per heavy atom. The summed E-state index contributed by atoms with van der Waals surface area (Å²) in [6.45, 7) is 5.04. The second-order valence-electron chi connectivity index (χ2n) is 6.46. The van der Waals surface area contributed by atoms with Crippen LogP contribution in [0.4, 0.5) is 0 Å². The number of carbonyl (C=O) groups excluding carboxylic acids is 1. The predicted octanol–water partition coefficient (Wildman–Crippen LogP) is 1.15. The van der Waals surface area contributed by atoms with Crippen molar-refractivity contribution in [2.75, 3.05) is 32.8 Å². The second-order valence-corrected chi connectivity index (χ2v) is 6.46. The molecule has 1 amide bonds. The number of ether oxygens (including phenoxy) is 1. The molecule has 5 nitrogen and oxygen atoms in total. The van der Waals surface area contributed by atoms with Crippen LogP contribution in [-0.2, 0) is 16.1 Å². The number of piperidine rings is 1. The van der Waals surface area contributed by atoms with E-state index < -0.39 is 0 Å². The van der Waals surface area contributed by atoms with Crippen LogP contribution in [0.25, 0.3) is 0 Å².